The molecular weight excluding hydrogens is 386 g/mol. The highest BCUT2D eigenvalue weighted by Crippen LogP contribution is 2.44. The van der Waals surface area contributed by atoms with Crippen molar-refractivity contribution in [2.75, 3.05) is 5.75 Å². The molecule has 1 aromatic heterocycles. The Morgan fingerprint density at radius 2 is 2.26 bits per heavy atom. The summed E-state index contributed by atoms with van der Waals surface area (Å²) in [5, 5.41) is 12.1. The largest absolute Gasteiger partial charge is 0.484 e. The van der Waals surface area contributed by atoms with Crippen molar-refractivity contribution in [3.63, 3.8) is 0 Å². The van der Waals surface area contributed by atoms with Crippen LogP contribution in [0.1, 0.15) is 37.1 Å². The first-order valence-corrected chi connectivity index (χ1v) is 10.6. The first kappa shape index (κ1) is 18.6. The van der Waals surface area contributed by atoms with Gasteiger partial charge in [-0.3, -0.25) is 4.79 Å². The number of carbonyl (C=O) groups excluding carboxylic acids is 1. The van der Waals surface area contributed by atoms with Gasteiger partial charge in [0.1, 0.15) is 5.75 Å². The second kappa shape index (κ2) is 8.10. The molecule has 144 valence electrons. The number of ether oxygens (including phenoxy) is 1. The van der Waals surface area contributed by atoms with E-state index in [4.69, 9.17) is 20.8 Å². The van der Waals surface area contributed by atoms with Crippen molar-refractivity contribution in [2.45, 2.75) is 50.5 Å². The standard InChI is InChI=1S/C19H22ClN3O3S/c1-11-6-14(20)4-5-16(11)25-9-18-22-23-19(26-18)27-10-17(24)21-15-8-12-2-3-13(15)7-12/h4-6,12-13,15H,2-3,7-10H2,1H3,(H,21,24)/t12-,13-,15+/m0/s1. The number of thioether (sulfide) groups is 1. The molecule has 2 bridgehead atoms. The summed E-state index contributed by atoms with van der Waals surface area (Å²) in [6.07, 6.45) is 4.99. The van der Waals surface area contributed by atoms with Gasteiger partial charge in [0.15, 0.2) is 6.61 Å². The molecule has 27 heavy (non-hydrogen) atoms. The molecule has 2 aromatic rings. The van der Waals surface area contributed by atoms with Crippen molar-refractivity contribution in [1.82, 2.24) is 15.5 Å². The van der Waals surface area contributed by atoms with Crippen LogP contribution < -0.4 is 10.1 Å². The Morgan fingerprint density at radius 1 is 1.37 bits per heavy atom. The Balaban J connectivity index is 1.22. The number of aromatic nitrogens is 2. The van der Waals surface area contributed by atoms with Crippen molar-refractivity contribution >= 4 is 29.3 Å². The number of nitrogens with zero attached hydrogens (tertiary/aromatic N) is 2. The maximum Gasteiger partial charge on any atom is 0.277 e. The van der Waals surface area contributed by atoms with Crippen molar-refractivity contribution in [3.8, 4) is 5.75 Å². The van der Waals surface area contributed by atoms with Crippen molar-refractivity contribution in [3.05, 3.63) is 34.7 Å². The quantitative estimate of drug-likeness (QED) is 0.699. The van der Waals surface area contributed by atoms with Crippen LogP contribution in [0.4, 0.5) is 0 Å². The smallest absolute Gasteiger partial charge is 0.277 e. The Labute approximate surface area is 167 Å². The zero-order chi connectivity index (χ0) is 18.8. The summed E-state index contributed by atoms with van der Waals surface area (Å²) < 4.78 is 11.2. The molecule has 1 amide bonds. The number of amides is 1. The highest BCUT2D eigenvalue weighted by molar-refractivity contribution is 7.99. The average Bonchev–Trinajstić information content (AvgIpc) is 3.36. The van der Waals surface area contributed by atoms with Gasteiger partial charge in [-0.25, -0.2) is 0 Å². The molecule has 2 saturated carbocycles. The molecule has 0 saturated heterocycles. The molecule has 2 fully saturated rings. The highest BCUT2D eigenvalue weighted by atomic mass is 35.5. The molecule has 0 spiro atoms. The Morgan fingerprint density at radius 3 is 3.00 bits per heavy atom. The number of hydrogen-bond acceptors (Lipinski definition) is 6. The van der Waals surface area contributed by atoms with E-state index in [0.717, 1.165) is 23.7 Å². The van der Waals surface area contributed by atoms with E-state index in [1.807, 2.05) is 19.1 Å². The van der Waals surface area contributed by atoms with Gasteiger partial charge in [0, 0.05) is 11.1 Å². The number of carbonyl (C=O) groups is 1. The van der Waals surface area contributed by atoms with Crippen LogP contribution in [-0.4, -0.2) is 27.9 Å². The van der Waals surface area contributed by atoms with Gasteiger partial charge >= 0.3 is 0 Å². The predicted molar refractivity (Wildman–Crippen MR) is 103 cm³/mol. The molecule has 0 aliphatic heterocycles. The molecule has 0 unspecified atom stereocenters. The Hall–Kier alpha value is -1.73. The van der Waals surface area contributed by atoms with Gasteiger partial charge < -0.3 is 14.5 Å². The van der Waals surface area contributed by atoms with Gasteiger partial charge in [-0.15, -0.1) is 10.2 Å². The van der Waals surface area contributed by atoms with E-state index in [2.05, 4.69) is 15.5 Å². The summed E-state index contributed by atoms with van der Waals surface area (Å²) >= 11 is 7.19. The summed E-state index contributed by atoms with van der Waals surface area (Å²) in [6, 6.07) is 5.77. The summed E-state index contributed by atoms with van der Waals surface area (Å²) in [6.45, 7) is 2.10. The van der Waals surface area contributed by atoms with Crippen LogP contribution >= 0.6 is 23.4 Å². The van der Waals surface area contributed by atoms with E-state index in [1.165, 1.54) is 31.0 Å². The minimum Gasteiger partial charge on any atom is -0.484 e. The monoisotopic (exact) mass is 407 g/mol. The minimum atomic E-state index is 0.0327. The van der Waals surface area contributed by atoms with Gasteiger partial charge in [-0.05, 0) is 61.8 Å². The summed E-state index contributed by atoms with van der Waals surface area (Å²) in [4.78, 5) is 12.2. The molecule has 1 aromatic carbocycles. The van der Waals surface area contributed by atoms with E-state index in [0.29, 0.717) is 28.1 Å². The van der Waals surface area contributed by atoms with Gasteiger partial charge in [0.05, 0.1) is 5.75 Å². The zero-order valence-electron chi connectivity index (χ0n) is 15.1. The molecule has 2 aliphatic rings. The molecule has 2 aliphatic carbocycles. The second-order valence-electron chi connectivity index (χ2n) is 7.30. The number of aryl methyl sites for hydroxylation is 1. The molecule has 1 heterocycles. The lowest BCUT2D eigenvalue weighted by Crippen LogP contribution is -2.39. The van der Waals surface area contributed by atoms with Crippen LogP contribution in [0.2, 0.25) is 5.02 Å². The first-order valence-electron chi connectivity index (χ1n) is 9.20. The molecule has 8 heteroatoms. The van der Waals surface area contributed by atoms with Crippen LogP contribution in [-0.2, 0) is 11.4 Å². The number of hydrogen-bond donors (Lipinski definition) is 1. The number of nitrogens with one attached hydrogen (secondary N) is 1. The van der Waals surface area contributed by atoms with Gasteiger partial charge in [0.2, 0.25) is 5.91 Å². The third kappa shape index (κ3) is 4.58. The van der Waals surface area contributed by atoms with Crippen molar-refractivity contribution < 1.29 is 13.9 Å². The lowest BCUT2D eigenvalue weighted by Gasteiger charge is -2.22. The Kier molecular flexibility index (Phi) is 5.59. The molecule has 0 radical (unpaired) electrons. The fourth-order valence-corrected chi connectivity index (χ4v) is 4.88. The molecule has 6 nitrogen and oxygen atoms in total. The van der Waals surface area contributed by atoms with Crippen molar-refractivity contribution in [2.24, 2.45) is 11.8 Å². The lowest BCUT2D eigenvalue weighted by atomic mass is 9.95. The minimum absolute atomic E-state index is 0.0327. The lowest BCUT2D eigenvalue weighted by molar-refractivity contribution is -0.119. The van der Waals surface area contributed by atoms with Gasteiger partial charge in [-0.1, -0.05) is 29.8 Å². The van der Waals surface area contributed by atoms with Crippen LogP contribution in [0.15, 0.2) is 27.8 Å². The van der Waals surface area contributed by atoms with Crippen molar-refractivity contribution in [1.29, 1.82) is 0 Å². The van der Waals surface area contributed by atoms with E-state index in [9.17, 15) is 4.79 Å². The predicted octanol–water partition coefficient (Wildman–Crippen LogP) is 4.01. The van der Waals surface area contributed by atoms with Crippen LogP contribution in [0.5, 0.6) is 5.75 Å². The Bertz CT molecular complexity index is 828. The third-order valence-corrected chi connectivity index (χ3v) is 6.40. The summed E-state index contributed by atoms with van der Waals surface area (Å²) in [5.74, 6) is 2.90. The number of benzene rings is 1. The topological polar surface area (TPSA) is 77.2 Å². The second-order valence-corrected chi connectivity index (χ2v) is 8.66. The molecule has 4 rings (SSSR count). The zero-order valence-corrected chi connectivity index (χ0v) is 16.7. The maximum atomic E-state index is 12.2. The van der Waals surface area contributed by atoms with Crippen LogP contribution in [0, 0.1) is 18.8 Å². The van der Waals surface area contributed by atoms with E-state index in [-0.39, 0.29) is 18.3 Å². The van der Waals surface area contributed by atoms with Gasteiger partial charge in [-0.2, -0.15) is 0 Å². The SMILES string of the molecule is Cc1cc(Cl)ccc1OCc1nnc(SCC(=O)N[C@@H]2C[C@H]3CC[C@H]2C3)o1. The number of halogens is 1. The first-order chi connectivity index (χ1) is 13.1. The molecular formula is C19H22ClN3O3S. The molecule has 1 N–H and O–H groups in total. The van der Waals surface area contributed by atoms with E-state index >= 15 is 0 Å². The van der Waals surface area contributed by atoms with Crippen LogP contribution in [0.25, 0.3) is 0 Å². The summed E-state index contributed by atoms with van der Waals surface area (Å²) in [5.41, 5.74) is 0.939. The maximum absolute atomic E-state index is 12.2. The van der Waals surface area contributed by atoms with Crippen LogP contribution in [0.3, 0.4) is 0 Å². The fraction of sp³-hybridized carbons (Fsp3) is 0.526. The highest BCUT2D eigenvalue weighted by Gasteiger charge is 2.40. The van der Waals surface area contributed by atoms with Gasteiger partial charge in [0.25, 0.3) is 11.1 Å². The van der Waals surface area contributed by atoms with E-state index in [1.54, 1.807) is 6.07 Å². The average molecular weight is 408 g/mol. The van der Waals surface area contributed by atoms with E-state index < -0.39 is 0 Å². The third-order valence-electron chi connectivity index (χ3n) is 5.35. The fourth-order valence-electron chi connectivity index (χ4n) is 4.07. The summed E-state index contributed by atoms with van der Waals surface area (Å²) in [7, 11) is 0. The normalized spacial score (nSPS) is 23.6. The number of fused-ring (bicyclic) bond motifs is 2. The molecule has 3 atom stereocenters. The number of rotatable bonds is 7.